The summed E-state index contributed by atoms with van der Waals surface area (Å²) in [4.78, 5) is 19.8. The fourth-order valence-corrected chi connectivity index (χ4v) is 10.9. The molecule has 4 aromatic carbocycles. The van der Waals surface area contributed by atoms with Gasteiger partial charge in [-0.05, 0) is 115 Å². The zero-order valence-electron chi connectivity index (χ0n) is 36.6. The van der Waals surface area contributed by atoms with Crippen LogP contribution in [0.4, 0.5) is 5.82 Å². The first-order chi connectivity index (χ1) is 30.7. The molecule has 0 bridgehead atoms. The van der Waals surface area contributed by atoms with E-state index >= 15 is 0 Å². The molecule has 3 heterocycles. The van der Waals surface area contributed by atoms with Gasteiger partial charge in [-0.15, -0.1) is 0 Å². The monoisotopic (exact) mass is 851 g/mol. The number of nitrogens with one attached hydrogen (secondary N) is 1. The highest BCUT2D eigenvalue weighted by Crippen LogP contribution is 2.62. The van der Waals surface area contributed by atoms with Gasteiger partial charge in [0, 0.05) is 12.0 Å². The predicted molar refractivity (Wildman–Crippen MR) is 248 cm³/mol. The Bertz CT molecular complexity index is 2430. The molecule has 9 rings (SSSR count). The Morgan fingerprint density at radius 1 is 0.921 bits per heavy atom. The second-order valence-corrected chi connectivity index (χ2v) is 18.2. The molecule has 2 aliphatic carbocycles. The van der Waals surface area contributed by atoms with Gasteiger partial charge < -0.3 is 44.7 Å². The number of aromatic nitrogens is 1. The third kappa shape index (κ3) is 8.43. The maximum Gasteiger partial charge on any atom is 0.335 e. The lowest BCUT2D eigenvalue weighted by atomic mass is 9.64. The van der Waals surface area contributed by atoms with E-state index in [-0.39, 0.29) is 53.6 Å². The number of ether oxygens (including phenoxy) is 3. The number of hydrogen-bond donors (Lipinski definition) is 4. The molecule has 0 amide bonds. The van der Waals surface area contributed by atoms with Crippen molar-refractivity contribution in [3.63, 3.8) is 0 Å². The van der Waals surface area contributed by atoms with Crippen LogP contribution in [0.2, 0.25) is 0 Å². The molecule has 1 aromatic heterocycles. The molecule has 10 heteroatoms. The number of hydrogen-bond acceptors (Lipinski definition) is 8. The number of phenols is 2. The number of benzene rings is 4. The van der Waals surface area contributed by atoms with Crippen LogP contribution in [0.25, 0.3) is 17.2 Å². The van der Waals surface area contributed by atoms with E-state index in [2.05, 4.69) is 47.5 Å². The number of methoxy groups -OCH3 is 1. The number of piperazine rings is 1. The molecule has 10 nitrogen and oxygen atoms in total. The summed E-state index contributed by atoms with van der Waals surface area (Å²) < 4.78 is 18.8. The summed E-state index contributed by atoms with van der Waals surface area (Å²) in [6.45, 7) is 6.26. The molecule has 0 radical (unpaired) electrons. The topological polar surface area (TPSA) is 139 Å². The molecule has 2 aliphatic heterocycles. The standard InChI is InChI=1S/C53H60N3O7/c1-52(23-9-26-53(52)24-6-7-25-53)45-33-42(51(55-45)56-29-27-54-28-30-56)38-13-8-12-36(32-38)15-21-41-47(60)50(61-2)49(62-31-22-40(58)18-14-35-10-4-3-5-11-35)46-43(59)34-44(63-48(41)46)37-16-19-39(57)20-17-37/h3-5,8,10-14,16-20,32-33,40,44,54,57-58H,6-7,9,15,21-31,34H2,1-2H3,(H,59,60)/q-1/p+1/b18-14+/t40-,44?,52+/m0/s1. The Kier molecular flexibility index (Phi) is 12.3. The van der Waals surface area contributed by atoms with Crippen molar-refractivity contribution in [2.45, 2.75) is 95.2 Å². The largest absolute Gasteiger partial charge is 0.508 e. The third-order valence-corrected chi connectivity index (χ3v) is 14.5. The number of aryl methyl sites for hydroxylation is 1. The molecule has 3 fully saturated rings. The number of carbonyl (C=O) groups excluding carboxylic acids is 1. The van der Waals surface area contributed by atoms with Gasteiger partial charge in [0.25, 0.3) is 0 Å². The van der Waals surface area contributed by atoms with Gasteiger partial charge in [0.15, 0.2) is 17.1 Å². The van der Waals surface area contributed by atoms with Crippen molar-refractivity contribution in [1.29, 1.82) is 0 Å². The molecular formula is C53H61N3O7. The summed E-state index contributed by atoms with van der Waals surface area (Å²) in [5, 5.41) is 36.4. The van der Waals surface area contributed by atoms with Gasteiger partial charge in [-0.1, -0.05) is 123 Å². The van der Waals surface area contributed by atoms with E-state index in [4.69, 9.17) is 19.2 Å². The van der Waals surface area contributed by atoms with Crippen molar-refractivity contribution in [3.8, 4) is 39.9 Å². The minimum Gasteiger partial charge on any atom is -0.508 e. The molecule has 1 unspecified atom stereocenters. The summed E-state index contributed by atoms with van der Waals surface area (Å²) in [6, 6.07) is 27.6. The highest BCUT2D eigenvalue weighted by Gasteiger charge is 2.53. The Balaban J connectivity index is 1.02. The zero-order chi connectivity index (χ0) is 43.6. The Morgan fingerprint density at radius 2 is 1.68 bits per heavy atom. The highest BCUT2D eigenvalue weighted by atomic mass is 16.5. The maximum atomic E-state index is 12.0. The number of phenolic OH excluding ortho intramolecular Hbond substituents is 2. The van der Waals surface area contributed by atoms with Gasteiger partial charge in [-0.25, -0.2) is 0 Å². The van der Waals surface area contributed by atoms with E-state index in [1.807, 2.05) is 36.4 Å². The Hall–Kier alpha value is -5.71. The molecule has 63 heavy (non-hydrogen) atoms. The molecule has 4 aliphatic rings. The molecule has 1 spiro atoms. The molecule has 1 saturated heterocycles. The minimum absolute atomic E-state index is 0.0330. The fraction of sp³-hybridized carbons (Fsp3) is 0.415. The summed E-state index contributed by atoms with van der Waals surface area (Å²) in [6.07, 6.45) is 12.5. The van der Waals surface area contributed by atoms with Crippen molar-refractivity contribution in [2.24, 2.45) is 5.41 Å². The summed E-state index contributed by atoms with van der Waals surface area (Å²) in [7, 11) is 1.47. The summed E-state index contributed by atoms with van der Waals surface area (Å²) in [5.74, 6) is 1.70. The van der Waals surface area contributed by atoms with Gasteiger partial charge in [-0.2, -0.15) is 0 Å². The van der Waals surface area contributed by atoms with E-state index in [1.165, 1.54) is 63.3 Å². The highest BCUT2D eigenvalue weighted by molar-refractivity contribution is 6.05. The smallest absolute Gasteiger partial charge is 0.335 e. The molecule has 2 saturated carbocycles. The van der Waals surface area contributed by atoms with Gasteiger partial charge in [0.1, 0.15) is 24.0 Å². The van der Waals surface area contributed by atoms with Crippen LogP contribution >= 0.6 is 0 Å². The maximum absolute atomic E-state index is 12.0. The third-order valence-electron chi connectivity index (χ3n) is 14.5. The van der Waals surface area contributed by atoms with Crippen LogP contribution in [0, 0.1) is 5.41 Å². The Labute approximate surface area is 370 Å². The zero-order valence-corrected chi connectivity index (χ0v) is 36.6. The number of aliphatic hydroxyl groups is 1. The van der Waals surface area contributed by atoms with Crippen LogP contribution in [0.3, 0.4) is 0 Å². The van der Waals surface area contributed by atoms with Crippen LogP contribution in [-0.2, 0) is 18.3 Å². The van der Waals surface area contributed by atoms with Crippen LogP contribution in [0.1, 0.15) is 104 Å². The first kappa shape index (κ1) is 42.6. The van der Waals surface area contributed by atoms with Gasteiger partial charge in [0.05, 0.1) is 19.8 Å². The minimum atomic E-state index is -0.790. The normalized spacial score (nSPS) is 21.2. The van der Waals surface area contributed by atoms with Gasteiger partial charge in [-0.3, -0.25) is 4.79 Å². The number of ketones is 1. The number of nitrogens with zero attached hydrogens (tertiary/aromatic N) is 2. The molecule has 5 N–H and O–H groups in total. The van der Waals surface area contributed by atoms with Crippen LogP contribution in [0.15, 0.2) is 91.0 Å². The fourth-order valence-electron chi connectivity index (χ4n) is 10.9. The van der Waals surface area contributed by atoms with Crippen molar-refractivity contribution in [1.82, 2.24) is 10.3 Å². The van der Waals surface area contributed by atoms with Crippen molar-refractivity contribution in [2.75, 3.05) is 44.8 Å². The summed E-state index contributed by atoms with van der Waals surface area (Å²) >= 11 is 0. The van der Waals surface area contributed by atoms with E-state index in [9.17, 15) is 20.1 Å². The molecular weight excluding hydrogens is 791 g/mol. The quantitative estimate of drug-likeness (QED) is 0.0806. The van der Waals surface area contributed by atoms with Gasteiger partial charge in [0.2, 0.25) is 5.75 Å². The lowest BCUT2D eigenvalue weighted by Crippen LogP contribution is -2.44. The second kappa shape index (κ2) is 18.2. The van der Waals surface area contributed by atoms with Crippen LogP contribution in [0.5, 0.6) is 28.7 Å². The molecule has 330 valence electrons. The van der Waals surface area contributed by atoms with E-state index in [0.717, 1.165) is 54.3 Å². The lowest BCUT2D eigenvalue weighted by Gasteiger charge is -2.43. The van der Waals surface area contributed by atoms with E-state index in [0.29, 0.717) is 35.1 Å². The van der Waals surface area contributed by atoms with Crippen LogP contribution in [-0.4, -0.2) is 71.9 Å². The van der Waals surface area contributed by atoms with E-state index < -0.39 is 12.2 Å². The van der Waals surface area contributed by atoms with Crippen molar-refractivity contribution < 1.29 is 34.3 Å². The lowest BCUT2D eigenvalue weighted by molar-refractivity contribution is 0.172. The van der Waals surface area contributed by atoms with E-state index in [1.54, 1.807) is 30.3 Å². The number of fused-ring (bicyclic) bond motifs is 1. The van der Waals surface area contributed by atoms with Gasteiger partial charge >= 0.3 is 5.78 Å². The summed E-state index contributed by atoms with van der Waals surface area (Å²) in [5.41, 5.74) is 7.61. The average Bonchev–Trinajstić information content (AvgIpc) is 4.06. The average molecular weight is 852 g/mol. The number of aromatic hydroxyl groups is 2. The SMILES string of the molecule is COc1c(O)c(CCc2cccc(-c3cc([C@@]4(C)CCCC45CCCC5)[n-]c3N3CCNCC3)c2)c2c(c1OCC[C@@H](O)/C=C/c1ccccc1)C(=[OH+])CC(c1ccc(O)cc1)O2. The number of anilines is 1. The van der Waals surface area contributed by atoms with Crippen LogP contribution < -0.4 is 29.4 Å². The first-order valence-corrected chi connectivity index (χ1v) is 22.9. The predicted octanol–water partition coefficient (Wildman–Crippen LogP) is 9.19. The Morgan fingerprint density at radius 3 is 2.44 bits per heavy atom. The first-order valence-electron chi connectivity index (χ1n) is 22.9. The number of aliphatic hydroxyl groups excluding tert-OH is 1. The molecule has 3 atom stereocenters. The number of rotatable bonds is 14. The van der Waals surface area contributed by atoms with Crippen molar-refractivity contribution >= 4 is 17.7 Å². The second-order valence-electron chi connectivity index (χ2n) is 18.2. The molecule has 5 aromatic rings. The van der Waals surface area contributed by atoms with Crippen molar-refractivity contribution in [3.05, 3.63) is 125 Å².